The van der Waals surface area contributed by atoms with Gasteiger partial charge in [-0.2, -0.15) is 0 Å². The van der Waals surface area contributed by atoms with Crippen LogP contribution in [0.3, 0.4) is 0 Å². The van der Waals surface area contributed by atoms with E-state index in [9.17, 15) is 9.59 Å². The normalized spacial score (nSPS) is 10.2. The minimum absolute atomic E-state index is 0.153. The van der Waals surface area contributed by atoms with Crippen LogP contribution < -0.4 is 10.6 Å². The molecule has 0 unspecified atom stereocenters. The second kappa shape index (κ2) is 8.39. The topological polar surface area (TPSA) is 67.4 Å². The van der Waals surface area contributed by atoms with Crippen molar-refractivity contribution in [1.29, 1.82) is 0 Å². The highest BCUT2D eigenvalue weighted by Gasteiger charge is 2.11. The number of hydrogen-bond donors (Lipinski definition) is 2. The number of benzene rings is 3. The van der Waals surface area contributed by atoms with E-state index in [-0.39, 0.29) is 5.91 Å². The van der Waals surface area contributed by atoms with E-state index < -0.39 is 5.97 Å². The maximum absolute atomic E-state index is 12.4. The highest BCUT2D eigenvalue weighted by atomic mass is 16.5. The van der Waals surface area contributed by atoms with Crippen LogP contribution in [0, 0.1) is 13.8 Å². The first kappa shape index (κ1) is 19.2. The molecule has 1 amide bonds. The van der Waals surface area contributed by atoms with E-state index in [1.807, 2.05) is 68.4 Å². The van der Waals surface area contributed by atoms with E-state index in [1.54, 1.807) is 12.1 Å². The summed E-state index contributed by atoms with van der Waals surface area (Å²) in [5.74, 6) is -0.555. The van der Waals surface area contributed by atoms with Crippen molar-refractivity contribution in [3.8, 4) is 0 Å². The Morgan fingerprint density at radius 3 is 2.18 bits per heavy atom. The summed E-state index contributed by atoms with van der Waals surface area (Å²) >= 11 is 0. The van der Waals surface area contributed by atoms with Gasteiger partial charge in [-0.15, -0.1) is 0 Å². The number of rotatable bonds is 5. The van der Waals surface area contributed by atoms with Crippen LogP contribution in [0.4, 0.5) is 17.1 Å². The molecule has 0 saturated carbocycles. The molecule has 0 aliphatic carbocycles. The minimum atomic E-state index is -0.402. The molecule has 0 aliphatic rings. The smallest absolute Gasteiger partial charge is 0.339 e. The van der Waals surface area contributed by atoms with Gasteiger partial charge in [-0.25, -0.2) is 4.79 Å². The highest BCUT2D eigenvalue weighted by Crippen LogP contribution is 2.23. The van der Waals surface area contributed by atoms with Crippen LogP contribution in [0.1, 0.15) is 31.8 Å². The van der Waals surface area contributed by atoms with Crippen LogP contribution in [0.15, 0.2) is 66.7 Å². The van der Waals surface area contributed by atoms with Gasteiger partial charge in [0.05, 0.1) is 18.4 Å². The Morgan fingerprint density at radius 2 is 1.50 bits per heavy atom. The molecule has 3 aromatic rings. The monoisotopic (exact) mass is 374 g/mol. The Bertz CT molecular complexity index is 1010. The number of amides is 1. The summed E-state index contributed by atoms with van der Waals surface area (Å²) < 4.78 is 4.81. The van der Waals surface area contributed by atoms with Gasteiger partial charge in [0.25, 0.3) is 5.91 Å². The number of carbonyl (C=O) groups is 2. The predicted octanol–water partition coefficient (Wildman–Crippen LogP) is 5.09. The van der Waals surface area contributed by atoms with Crippen molar-refractivity contribution < 1.29 is 14.3 Å². The van der Waals surface area contributed by atoms with Crippen molar-refractivity contribution >= 4 is 28.9 Å². The molecule has 0 saturated heterocycles. The lowest BCUT2D eigenvalue weighted by atomic mass is 10.1. The number of nitrogens with one attached hydrogen (secondary N) is 2. The van der Waals surface area contributed by atoms with E-state index in [0.29, 0.717) is 22.5 Å². The molecule has 5 heteroatoms. The molecule has 5 nitrogen and oxygen atoms in total. The Hall–Kier alpha value is -3.60. The molecule has 0 atom stereocenters. The van der Waals surface area contributed by atoms with Crippen molar-refractivity contribution in [1.82, 2.24) is 0 Å². The molecule has 0 fully saturated rings. The van der Waals surface area contributed by atoms with Crippen LogP contribution >= 0.6 is 0 Å². The molecule has 2 N–H and O–H groups in total. The first-order valence-corrected chi connectivity index (χ1v) is 8.91. The summed E-state index contributed by atoms with van der Waals surface area (Å²) in [6, 6.07) is 20.1. The van der Waals surface area contributed by atoms with E-state index in [1.165, 1.54) is 7.11 Å². The molecule has 142 valence electrons. The second-order valence-electron chi connectivity index (χ2n) is 6.49. The fourth-order valence-electron chi connectivity index (χ4n) is 2.76. The number of carbonyl (C=O) groups excluding carboxylic acids is 2. The fraction of sp³-hybridized carbons (Fsp3) is 0.130. The molecular weight excluding hydrogens is 352 g/mol. The Kier molecular flexibility index (Phi) is 5.75. The number of methoxy groups -OCH3 is 1. The predicted molar refractivity (Wildman–Crippen MR) is 111 cm³/mol. The Labute approximate surface area is 164 Å². The molecule has 28 heavy (non-hydrogen) atoms. The Morgan fingerprint density at radius 1 is 0.821 bits per heavy atom. The maximum atomic E-state index is 12.4. The van der Waals surface area contributed by atoms with Crippen LogP contribution in [-0.2, 0) is 4.74 Å². The quantitative estimate of drug-likeness (QED) is 0.611. The number of hydrogen-bond acceptors (Lipinski definition) is 4. The maximum Gasteiger partial charge on any atom is 0.339 e. The van der Waals surface area contributed by atoms with Crippen molar-refractivity contribution in [3.05, 3.63) is 89.0 Å². The van der Waals surface area contributed by atoms with Crippen LogP contribution in [0.25, 0.3) is 0 Å². The molecule has 0 bridgehead atoms. The zero-order valence-corrected chi connectivity index (χ0v) is 16.1. The van der Waals surface area contributed by atoms with Gasteiger partial charge in [0.15, 0.2) is 0 Å². The van der Waals surface area contributed by atoms with Crippen molar-refractivity contribution in [3.63, 3.8) is 0 Å². The lowest BCUT2D eigenvalue weighted by Crippen LogP contribution is -2.12. The van der Waals surface area contributed by atoms with Crippen LogP contribution in [0.5, 0.6) is 0 Å². The third kappa shape index (κ3) is 4.38. The summed E-state index contributed by atoms with van der Waals surface area (Å²) in [6.07, 6.45) is 0. The Balaban J connectivity index is 1.71. The second-order valence-corrected chi connectivity index (χ2v) is 6.49. The number of para-hydroxylation sites is 1. The van der Waals surface area contributed by atoms with Gasteiger partial charge >= 0.3 is 5.97 Å². The SMILES string of the molecule is COC(=O)c1ccccc1Nc1ccc(NC(=O)c2ccc(C)c(C)c2)cc1. The minimum Gasteiger partial charge on any atom is -0.465 e. The highest BCUT2D eigenvalue weighted by molar-refractivity contribution is 6.04. The van der Waals surface area contributed by atoms with Gasteiger partial charge in [0.1, 0.15) is 0 Å². The summed E-state index contributed by atoms with van der Waals surface area (Å²) in [4.78, 5) is 24.3. The third-order valence-corrected chi connectivity index (χ3v) is 4.52. The molecule has 0 heterocycles. The molecule has 0 spiro atoms. The van der Waals surface area contributed by atoms with Gasteiger partial charge < -0.3 is 15.4 Å². The average Bonchev–Trinajstić information content (AvgIpc) is 2.71. The van der Waals surface area contributed by atoms with Gasteiger partial charge in [0, 0.05) is 16.9 Å². The van der Waals surface area contributed by atoms with Gasteiger partial charge in [-0.3, -0.25) is 4.79 Å². The van der Waals surface area contributed by atoms with E-state index in [4.69, 9.17) is 4.74 Å². The summed E-state index contributed by atoms with van der Waals surface area (Å²) in [5, 5.41) is 6.09. The van der Waals surface area contributed by atoms with Crippen molar-refractivity contribution in [2.45, 2.75) is 13.8 Å². The zero-order valence-electron chi connectivity index (χ0n) is 16.1. The van der Waals surface area contributed by atoms with Gasteiger partial charge in [-0.1, -0.05) is 18.2 Å². The first-order valence-electron chi connectivity index (χ1n) is 8.91. The lowest BCUT2D eigenvalue weighted by molar-refractivity contribution is 0.0601. The standard InChI is InChI=1S/C23H22N2O3/c1-15-8-9-17(14-16(15)2)22(26)25-19-12-10-18(11-13-19)24-21-7-5-4-6-20(21)23(27)28-3/h4-14,24H,1-3H3,(H,25,26). The number of esters is 1. The summed E-state index contributed by atoms with van der Waals surface area (Å²) in [5.41, 5.74) is 5.45. The zero-order chi connectivity index (χ0) is 20.1. The molecular formula is C23H22N2O3. The first-order chi connectivity index (χ1) is 13.5. The lowest BCUT2D eigenvalue weighted by Gasteiger charge is -2.12. The fourth-order valence-corrected chi connectivity index (χ4v) is 2.76. The molecule has 3 aromatic carbocycles. The molecule has 0 aromatic heterocycles. The number of aryl methyl sites for hydroxylation is 2. The van der Waals surface area contributed by atoms with E-state index >= 15 is 0 Å². The largest absolute Gasteiger partial charge is 0.465 e. The molecule has 0 aliphatic heterocycles. The third-order valence-electron chi connectivity index (χ3n) is 4.52. The van der Waals surface area contributed by atoms with E-state index in [2.05, 4.69) is 10.6 Å². The number of anilines is 3. The van der Waals surface area contributed by atoms with E-state index in [0.717, 1.165) is 16.8 Å². The summed E-state index contributed by atoms with van der Waals surface area (Å²) in [6.45, 7) is 4.00. The van der Waals surface area contributed by atoms with Crippen LogP contribution in [-0.4, -0.2) is 19.0 Å². The molecule has 0 radical (unpaired) electrons. The van der Waals surface area contributed by atoms with Crippen molar-refractivity contribution in [2.75, 3.05) is 17.7 Å². The van der Waals surface area contributed by atoms with Gasteiger partial charge in [-0.05, 0) is 73.5 Å². The van der Waals surface area contributed by atoms with Crippen molar-refractivity contribution in [2.24, 2.45) is 0 Å². The average molecular weight is 374 g/mol. The molecule has 3 rings (SSSR count). The van der Waals surface area contributed by atoms with Crippen LogP contribution in [0.2, 0.25) is 0 Å². The summed E-state index contributed by atoms with van der Waals surface area (Å²) in [7, 11) is 1.35. The van der Waals surface area contributed by atoms with Gasteiger partial charge in [0.2, 0.25) is 0 Å². The number of ether oxygens (including phenoxy) is 1.